The van der Waals surface area contributed by atoms with Crippen LogP contribution >= 0.6 is 22.9 Å². The van der Waals surface area contributed by atoms with Crippen LogP contribution < -0.4 is 15.4 Å². The Hall–Kier alpha value is -3.46. The third-order valence-electron chi connectivity index (χ3n) is 4.68. The van der Waals surface area contributed by atoms with Crippen LogP contribution in [0.25, 0.3) is 10.2 Å². The number of thiazole rings is 1. The number of pyridine rings is 1. The first-order valence-electron chi connectivity index (χ1n) is 10.6. The molecule has 0 fully saturated rings. The molecule has 0 aliphatic rings. The molecule has 0 spiro atoms. The van der Waals surface area contributed by atoms with Gasteiger partial charge >= 0.3 is 0 Å². The highest BCUT2D eigenvalue weighted by molar-refractivity contribution is 7.22. The summed E-state index contributed by atoms with van der Waals surface area (Å²) in [4.78, 5) is 23.1. The molecule has 0 radical (unpaired) electrons. The van der Waals surface area contributed by atoms with Crippen molar-refractivity contribution >= 4 is 55.6 Å². The molecule has 9 heteroatoms. The first-order valence-corrected chi connectivity index (χ1v) is 11.8. The number of amides is 1. The van der Waals surface area contributed by atoms with Crippen molar-refractivity contribution in [2.75, 3.05) is 31.3 Å². The summed E-state index contributed by atoms with van der Waals surface area (Å²) in [7, 11) is 3.90. The highest BCUT2D eigenvalue weighted by Gasteiger charge is 2.11. The number of anilines is 3. The molecule has 0 atom stereocenters. The predicted molar refractivity (Wildman–Crippen MR) is 139 cm³/mol. The second-order valence-corrected chi connectivity index (χ2v) is 9.20. The van der Waals surface area contributed by atoms with E-state index in [4.69, 9.17) is 16.3 Å². The summed E-state index contributed by atoms with van der Waals surface area (Å²) >= 11 is 7.70. The number of likely N-dealkylation sites (N-methyl/N-ethyl adjacent to an activating group) is 1. The van der Waals surface area contributed by atoms with Crippen molar-refractivity contribution in [3.63, 3.8) is 0 Å². The fraction of sp³-hybridized carbons (Fsp3) is 0.160. The van der Waals surface area contributed by atoms with Crippen molar-refractivity contribution in [2.24, 2.45) is 0 Å². The summed E-state index contributed by atoms with van der Waals surface area (Å²) in [6, 6.07) is 16.7. The van der Waals surface area contributed by atoms with Gasteiger partial charge in [-0.25, -0.2) is 4.98 Å². The zero-order valence-corrected chi connectivity index (χ0v) is 20.4. The third kappa shape index (κ3) is 6.54. The first-order chi connectivity index (χ1) is 16.5. The highest BCUT2D eigenvalue weighted by atomic mass is 35.5. The molecule has 2 aromatic heterocycles. The van der Waals surface area contributed by atoms with Crippen LogP contribution in [0.3, 0.4) is 0 Å². The lowest BCUT2D eigenvalue weighted by Crippen LogP contribution is -2.12. The number of nitrogens with zero attached hydrogens (tertiary/aromatic N) is 3. The van der Waals surface area contributed by atoms with Crippen molar-refractivity contribution in [3.8, 4) is 5.75 Å². The maximum absolute atomic E-state index is 12.1. The Morgan fingerprint density at radius 1 is 1.18 bits per heavy atom. The lowest BCUT2D eigenvalue weighted by Gasteiger charge is -2.12. The Morgan fingerprint density at radius 3 is 2.85 bits per heavy atom. The van der Waals surface area contributed by atoms with E-state index in [1.807, 2.05) is 67.5 Å². The van der Waals surface area contributed by atoms with Gasteiger partial charge in [0.05, 0.1) is 21.6 Å². The number of ether oxygens (including phenoxy) is 1. The van der Waals surface area contributed by atoms with Crippen LogP contribution in [0.4, 0.5) is 16.5 Å². The fourth-order valence-electron chi connectivity index (χ4n) is 3.09. The minimum Gasteiger partial charge on any atom is -0.485 e. The van der Waals surface area contributed by atoms with Gasteiger partial charge in [0, 0.05) is 29.5 Å². The normalized spacial score (nSPS) is 11.3. The molecular formula is C25H24ClN5O2S. The summed E-state index contributed by atoms with van der Waals surface area (Å²) in [5, 5.41) is 7.47. The van der Waals surface area contributed by atoms with Gasteiger partial charge < -0.3 is 20.3 Å². The fourth-order valence-corrected chi connectivity index (χ4v) is 4.18. The number of hydrogen-bond donors (Lipinski definition) is 2. The summed E-state index contributed by atoms with van der Waals surface area (Å²) in [6.45, 7) is 1.04. The zero-order valence-electron chi connectivity index (χ0n) is 18.8. The third-order valence-corrected chi connectivity index (χ3v) is 5.85. The maximum atomic E-state index is 12.1. The number of carbonyl (C=O) groups is 1. The molecule has 0 saturated heterocycles. The quantitative estimate of drug-likeness (QED) is 0.290. The van der Waals surface area contributed by atoms with Gasteiger partial charge in [-0.15, -0.1) is 0 Å². The number of benzene rings is 2. The predicted octanol–water partition coefficient (Wildman–Crippen LogP) is 5.72. The van der Waals surface area contributed by atoms with E-state index in [1.165, 1.54) is 17.4 Å². The van der Waals surface area contributed by atoms with Crippen LogP contribution in [0.2, 0.25) is 5.02 Å². The molecule has 174 valence electrons. The first kappa shape index (κ1) is 23.7. The Kier molecular flexibility index (Phi) is 7.74. The van der Waals surface area contributed by atoms with Gasteiger partial charge in [-0.05, 0) is 62.6 Å². The maximum Gasteiger partial charge on any atom is 0.248 e. The SMILES string of the molecule is CN(C)C/C=C/C(=O)Nc1ccc2nc(Nc3cc(Cl)ccc3OCc3ccccn3)sc2c1. The average molecular weight is 494 g/mol. The topological polar surface area (TPSA) is 79.4 Å². The van der Waals surface area contributed by atoms with Gasteiger partial charge in [0.25, 0.3) is 0 Å². The van der Waals surface area contributed by atoms with Gasteiger partial charge in [0.2, 0.25) is 5.91 Å². The molecule has 0 bridgehead atoms. The van der Waals surface area contributed by atoms with Crippen molar-refractivity contribution in [1.82, 2.24) is 14.9 Å². The van der Waals surface area contributed by atoms with Gasteiger partial charge in [0.15, 0.2) is 5.13 Å². The molecule has 0 aliphatic heterocycles. The summed E-state index contributed by atoms with van der Waals surface area (Å²) in [5.41, 5.74) is 3.08. The Bertz CT molecular complexity index is 1310. The van der Waals surface area contributed by atoms with Crippen LogP contribution in [0.15, 0.2) is 72.9 Å². The number of hydrogen-bond acceptors (Lipinski definition) is 7. The van der Waals surface area contributed by atoms with E-state index in [-0.39, 0.29) is 5.91 Å². The lowest BCUT2D eigenvalue weighted by molar-refractivity contribution is -0.111. The summed E-state index contributed by atoms with van der Waals surface area (Å²) in [5.74, 6) is 0.476. The van der Waals surface area contributed by atoms with Crippen molar-refractivity contribution in [1.29, 1.82) is 0 Å². The second kappa shape index (κ2) is 11.1. The van der Waals surface area contributed by atoms with Crippen LogP contribution in [-0.4, -0.2) is 41.4 Å². The molecule has 2 heterocycles. The van der Waals surface area contributed by atoms with Crippen LogP contribution in [0.5, 0.6) is 5.75 Å². The molecular weight excluding hydrogens is 470 g/mol. The molecule has 7 nitrogen and oxygen atoms in total. The highest BCUT2D eigenvalue weighted by Crippen LogP contribution is 2.35. The monoisotopic (exact) mass is 493 g/mol. The summed E-state index contributed by atoms with van der Waals surface area (Å²) in [6.07, 6.45) is 5.09. The van der Waals surface area contributed by atoms with E-state index >= 15 is 0 Å². The van der Waals surface area contributed by atoms with Crippen molar-refractivity contribution in [3.05, 3.63) is 83.7 Å². The van der Waals surface area contributed by atoms with E-state index in [9.17, 15) is 4.79 Å². The number of carbonyl (C=O) groups excluding carboxylic acids is 1. The lowest BCUT2D eigenvalue weighted by atomic mass is 10.3. The number of fused-ring (bicyclic) bond motifs is 1. The zero-order chi connectivity index (χ0) is 23.9. The van der Waals surface area contributed by atoms with Gasteiger partial charge in [0.1, 0.15) is 12.4 Å². The molecule has 0 unspecified atom stereocenters. The summed E-state index contributed by atoms with van der Waals surface area (Å²) < 4.78 is 6.91. The molecule has 2 aromatic carbocycles. The Labute approximate surface area is 207 Å². The largest absolute Gasteiger partial charge is 0.485 e. The van der Waals surface area contributed by atoms with Gasteiger partial charge in [-0.2, -0.15) is 0 Å². The molecule has 4 rings (SSSR count). The Morgan fingerprint density at radius 2 is 2.06 bits per heavy atom. The minimum atomic E-state index is -0.169. The Balaban J connectivity index is 1.47. The van der Waals surface area contributed by atoms with E-state index in [2.05, 4.69) is 20.6 Å². The molecule has 1 amide bonds. The molecule has 34 heavy (non-hydrogen) atoms. The van der Waals surface area contributed by atoms with E-state index in [1.54, 1.807) is 18.3 Å². The van der Waals surface area contributed by atoms with E-state index < -0.39 is 0 Å². The van der Waals surface area contributed by atoms with Crippen molar-refractivity contribution < 1.29 is 9.53 Å². The number of rotatable bonds is 9. The minimum absolute atomic E-state index is 0.169. The number of nitrogens with one attached hydrogen (secondary N) is 2. The standard InChI is InChI=1S/C25H24ClN5O2S/c1-31(2)13-5-7-24(32)28-18-9-10-20-23(15-18)34-25(29-20)30-21-14-17(26)8-11-22(21)33-16-19-6-3-4-12-27-19/h3-12,14-15H,13,16H2,1-2H3,(H,28,32)(H,29,30)/b7-5+. The van der Waals surface area contributed by atoms with Crippen LogP contribution in [0.1, 0.15) is 5.69 Å². The van der Waals surface area contributed by atoms with Crippen molar-refractivity contribution in [2.45, 2.75) is 6.61 Å². The molecule has 0 aliphatic carbocycles. The number of halogens is 1. The van der Waals surface area contributed by atoms with Crippen LogP contribution in [0, 0.1) is 0 Å². The second-order valence-electron chi connectivity index (χ2n) is 7.73. The average Bonchev–Trinajstić information content (AvgIpc) is 3.20. The van der Waals surface area contributed by atoms with Gasteiger partial charge in [-0.3, -0.25) is 9.78 Å². The molecule has 0 saturated carbocycles. The van der Waals surface area contributed by atoms with E-state index in [0.717, 1.165) is 15.9 Å². The number of aromatic nitrogens is 2. The molecule has 2 N–H and O–H groups in total. The van der Waals surface area contributed by atoms with E-state index in [0.29, 0.717) is 40.4 Å². The smallest absolute Gasteiger partial charge is 0.248 e. The molecule has 4 aromatic rings. The van der Waals surface area contributed by atoms with Crippen LogP contribution in [-0.2, 0) is 11.4 Å². The van der Waals surface area contributed by atoms with Gasteiger partial charge in [-0.1, -0.05) is 35.1 Å².